The Morgan fingerprint density at radius 1 is 1.26 bits per heavy atom. The number of hydrogen-bond donors (Lipinski definition) is 1. The zero-order valence-electron chi connectivity index (χ0n) is 15.0. The summed E-state index contributed by atoms with van der Waals surface area (Å²) < 4.78 is 16.7. The van der Waals surface area contributed by atoms with Crippen LogP contribution >= 0.6 is 0 Å². The minimum absolute atomic E-state index is 0.147. The van der Waals surface area contributed by atoms with Crippen molar-refractivity contribution in [2.24, 2.45) is 7.05 Å². The number of halogens is 1. The number of anilines is 1. The molecule has 2 heterocycles. The Hall–Kier alpha value is -3.16. The molecule has 0 radical (unpaired) electrons. The van der Waals surface area contributed by atoms with Gasteiger partial charge < -0.3 is 10.2 Å². The Bertz CT molecular complexity index is 945. The first-order valence-electron chi connectivity index (χ1n) is 8.89. The molecule has 1 N–H and O–H groups in total. The molecule has 1 aliphatic carbocycles. The van der Waals surface area contributed by atoms with Crippen molar-refractivity contribution in [1.82, 2.24) is 24.5 Å². The Labute approximate surface area is 156 Å². The third-order valence-corrected chi connectivity index (χ3v) is 4.48. The third-order valence-electron chi connectivity index (χ3n) is 4.48. The molecule has 1 aromatic carbocycles. The van der Waals surface area contributed by atoms with E-state index in [1.165, 1.54) is 12.1 Å². The second-order valence-electron chi connectivity index (χ2n) is 6.87. The second kappa shape index (κ2) is 7.22. The lowest BCUT2D eigenvalue weighted by atomic mass is 10.2. The van der Waals surface area contributed by atoms with Crippen molar-refractivity contribution in [3.05, 3.63) is 66.0 Å². The molecular weight excluding hydrogens is 347 g/mol. The average molecular weight is 368 g/mol. The largest absolute Gasteiger partial charge is 0.322 e. The number of nitrogens with zero attached hydrogens (tertiary/aromatic N) is 5. The van der Waals surface area contributed by atoms with Gasteiger partial charge in [0.1, 0.15) is 5.82 Å². The van der Waals surface area contributed by atoms with Gasteiger partial charge in [-0.2, -0.15) is 10.2 Å². The van der Waals surface area contributed by atoms with Crippen LogP contribution in [0.1, 0.15) is 24.0 Å². The molecule has 140 valence electrons. The first kappa shape index (κ1) is 17.3. The van der Waals surface area contributed by atoms with Crippen LogP contribution in [0.15, 0.2) is 49.1 Å². The van der Waals surface area contributed by atoms with E-state index in [0.29, 0.717) is 18.8 Å². The monoisotopic (exact) mass is 368 g/mol. The number of carbonyl (C=O) groups excluding carboxylic acids is 1. The molecule has 7 nitrogen and oxygen atoms in total. The molecule has 0 spiro atoms. The average Bonchev–Trinajstić information content (AvgIpc) is 3.25. The van der Waals surface area contributed by atoms with Crippen molar-refractivity contribution in [3.8, 4) is 0 Å². The summed E-state index contributed by atoms with van der Waals surface area (Å²) in [4.78, 5) is 14.6. The molecular formula is C19H21FN6O. The van der Waals surface area contributed by atoms with Crippen molar-refractivity contribution in [2.45, 2.75) is 32.0 Å². The number of carbonyl (C=O) groups is 1. The maximum atomic E-state index is 13.3. The van der Waals surface area contributed by atoms with E-state index in [1.807, 2.05) is 24.2 Å². The molecule has 1 saturated carbocycles. The van der Waals surface area contributed by atoms with E-state index in [9.17, 15) is 9.18 Å². The first-order valence-corrected chi connectivity index (χ1v) is 8.89. The summed E-state index contributed by atoms with van der Waals surface area (Å²) in [6.07, 6.45) is 9.09. The number of benzene rings is 1. The number of amides is 2. The number of aromatic nitrogens is 4. The van der Waals surface area contributed by atoms with Crippen molar-refractivity contribution in [3.63, 3.8) is 0 Å². The van der Waals surface area contributed by atoms with Crippen molar-refractivity contribution in [2.75, 3.05) is 5.32 Å². The van der Waals surface area contributed by atoms with Crippen LogP contribution in [-0.4, -0.2) is 36.5 Å². The molecule has 3 aromatic rings. The Morgan fingerprint density at radius 3 is 2.81 bits per heavy atom. The smallest absolute Gasteiger partial charge is 0.317 e. The van der Waals surface area contributed by atoms with Gasteiger partial charge in [-0.3, -0.25) is 9.36 Å². The molecule has 2 amide bonds. The number of nitrogens with one attached hydrogen (secondary N) is 1. The fourth-order valence-electron chi connectivity index (χ4n) is 3.04. The number of hydrogen-bond acceptors (Lipinski definition) is 3. The van der Waals surface area contributed by atoms with Gasteiger partial charge in [-0.1, -0.05) is 12.1 Å². The summed E-state index contributed by atoms with van der Waals surface area (Å²) >= 11 is 0. The van der Waals surface area contributed by atoms with E-state index >= 15 is 0 Å². The van der Waals surface area contributed by atoms with Crippen molar-refractivity contribution >= 4 is 11.7 Å². The van der Waals surface area contributed by atoms with Gasteiger partial charge in [-0.15, -0.1) is 0 Å². The van der Waals surface area contributed by atoms with Crippen molar-refractivity contribution < 1.29 is 9.18 Å². The van der Waals surface area contributed by atoms with Crippen LogP contribution in [0.25, 0.3) is 0 Å². The summed E-state index contributed by atoms with van der Waals surface area (Å²) in [6.45, 7) is 0.970. The maximum Gasteiger partial charge on any atom is 0.322 e. The fourth-order valence-corrected chi connectivity index (χ4v) is 3.04. The predicted octanol–water partition coefficient (Wildman–Crippen LogP) is 3.00. The van der Waals surface area contributed by atoms with Gasteiger partial charge in [0.25, 0.3) is 0 Å². The molecule has 0 atom stereocenters. The zero-order valence-corrected chi connectivity index (χ0v) is 15.0. The molecule has 8 heteroatoms. The maximum absolute atomic E-state index is 13.3. The van der Waals surface area contributed by atoms with E-state index in [-0.39, 0.29) is 17.9 Å². The van der Waals surface area contributed by atoms with Crippen LogP contribution < -0.4 is 5.32 Å². The SMILES string of the molecule is Cn1cc(CN(C(=O)Nc2cnn(Cc3cccc(F)c3)c2)C2CC2)cn1. The molecule has 1 fully saturated rings. The topological polar surface area (TPSA) is 68.0 Å². The van der Waals surface area contributed by atoms with Gasteiger partial charge >= 0.3 is 6.03 Å². The molecule has 0 unspecified atom stereocenters. The highest BCUT2D eigenvalue weighted by atomic mass is 19.1. The Morgan fingerprint density at radius 2 is 2.11 bits per heavy atom. The molecule has 0 aliphatic heterocycles. The summed E-state index contributed by atoms with van der Waals surface area (Å²) in [5.41, 5.74) is 2.43. The fraction of sp³-hybridized carbons (Fsp3) is 0.316. The van der Waals surface area contributed by atoms with Gasteiger partial charge in [0, 0.05) is 31.0 Å². The highest BCUT2D eigenvalue weighted by molar-refractivity contribution is 5.89. The van der Waals surface area contributed by atoms with Crippen LogP contribution in [0, 0.1) is 5.82 Å². The van der Waals surface area contributed by atoms with Crippen LogP contribution in [0.5, 0.6) is 0 Å². The lowest BCUT2D eigenvalue weighted by Gasteiger charge is -2.21. The normalized spacial score (nSPS) is 13.6. The predicted molar refractivity (Wildman–Crippen MR) is 98.5 cm³/mol. The third kappa shape index (κ3) is 4.33. The van der Waals surface area contributed by atoms with Gasteiger partial charge in [0.2, 0.25) is 0 Å². The number of urea groups is 1. The van der Waals surface area contributed by atoms with Gasteiger partial charge in [0.05, 0.1) is 31.2 Å². The molecule has 27 heavy (non-hydrogen) atoms. The minimum atomic E-state index is -0.274. The van der Waals surface area contributed by atoms with E-state index in [0.717, 1.165) is 24.0 Å². The van der Waals surface area contributed by atoms with Crippen LogP contribution in [0.3, 0.4) is 0 Å². The highest BCUT2D eigenvalue weighted by Gasteiger charge is 2.33. The minimum Gasteiger partial charge on any atom is -0.317 e. The van der Waals surface area contributed by atoms with Crippen molar-refractivity contribution in [1.29, 1.82) is 0 Å². The van der Waals surface area contributed by atoms with Crippen LogP contribution in [-0.2, 0) is 20.1 Å². The van der Waals surface area contributed by atoms with E-state index in [1.54, 1.807) is 34.0 Å². The highest BCUT2D eigenvalue weighted by Crippen LogP contribution is 2.29. The molecule has 0 saturated heterocycles. The van der Waals surface area contributed by atoms with Gasteiger partial charge in [-0.25, -0.2) is 9.18 Å². The quantitative estimate of drug-likeness (QED) is 0.727. The number of aryl methyl sites for hydroxylation is 1. The standard InChI is InChI=1S/C19H21FN6O/c1-24-10-15(8-21-24)12-26(18-5-6-18)19(27)23-17-9-22-25(13-17)11-14-3-2-4-16(20)7-14/h2-4,7-10,13,18H,5-6,11-12H2,1H3,(H,23,27). The molecule has 1 aliphatic rings. The lowest BCUT2D eigenvalue weighted by molar-refractivity contribution is 0.206. The Kier molecular flexibility index (Phi) is 4.62. The summed E-state index contributed by atoms with van der Waals surface area (Å²) in [5, 5.41) is 11.3. The van der Waals surface area contributed by atoms with Gasteiger partial charge in [0.15, 0.2) is 0 Å². The Balaban J connectivity index is 1.40. The van der Waals surface area contributed by atoms with E-state index < -0.39 is 0 Å². The van der Waals surface area contributed by atoms with Crippen LogP contribution in [0.4, 0.5) is 14.9 Å². The van der Waals surface area contributed by atoms with E-state index in [4.69, 9.17) is 0 Å². The van der Waals surface area contributed by atoms with E-state index in [2.05, 4.69) is 15.5 Å². The molecule has 0 bridgehead atoms. The zero-order chi connectivity index (χ0) is 18.8. The molecule has 4 rings (SSSR count). The molecule has 2 aromatic heterocycles. The van der Waals surface area contributed by atoms with Crippen LogP contribution in [0.2, 0.25) is 0 Å². The second-order valence-corrected chi connectivity index (χ2v) is 6.87. The lowest BCUT2D eigenvalue weighted by Crippen LogP contribution is -2.36. The first-order chi connectivity index (χ1) is 13.1. The summed E-state index contributed by atoms with van der Waals surface area (Å²) in [6, 6.07) is 6.52. The summed E-state index contributed by atoms with van der Waals surface area (Å²) in [7, 11) is 1.86. The van der Waals surface area contributed by atoms with Gasteiger partial charge in [-0.05, 0) is 30.5 Å². The number of rotatable bonds is 6. The summed E-state index contributed by atoms with van der Waals surface area (Å²) in [5.74, 6) is -0.274.